The van der Waals surface area contributed by atoms with E-state index in [1.807, 2.05) is 0 Å². The Kier molecular flexibility index (Phi) is 10.9. The first kappa shape index (κ1) is 23.5. The van der Waals surface area contributed by atoms with Crippen molar-refractivity contribution >= 4 is 35.6 Å². The molecular formula is C22H35IN6. The minimum atomic E-state index is 0. The molecule has 2 heterocycles. The number of anilines is 1. The molecule has 1 fully saturated rings. The third kappa shape index (κ3) is 8.26. The molecule has 0 radical (unpaired) electrons. The van der Waals surface area contributed by atoms with Gasteiger partial charge in [0.2, 0.25) is 0 Å². The van der Waals surface area contributed by atoms with Gasteiger partial charge in [0.25, 0.3) is 0 Å². The van der Waals surface area contributed by atoms with Crippen molar-refractivity contribution in [2.24, 2.45) is 4.99 Å². The van der Waals surface area contributed by atoms with Crippen molar-refractivity contribution in [3.63, 3.8) is 0 Å². The lowest BCUT2D eigenvalue weighted by Gasteiger charge is -2.36. The van der Waals surface area contributed by atoms with Crippen LogP contribution in [0.5, 0.6) is 0 Å². The molecule has 0 atom stereocenters. The first-order valence-corrected chi connectivity index (χ1v) is 10.5. The van der Waals surface area contributed by atoms with E-state index < -0.39 is 0 Å². The van der Waals surface area contributed by atoms with Gasteiger partial charge in [-0.25, -0.2) is 0 Å². The van der Waals surface area contributed by atoms with Crippen molar-refractivity contribution in [1.29, 1.82) is 0 Å². The van der Waals surface area contributed by atoms with Gasteiger partial charge in [-0.2, -0.15) is 0 Å². The van der Waals surface area contributed by atoms with Gasteiger partial charge in [0, 0.05) is 77.0 Å². The standard InChI is InChI=1S/C22H34N6.HI/c1-2-23-22(25-12-16-26-13-6-7-14-26)24-11-8-15-27-17-19-28(20-18-27)21-9-4-3-5-10-21;/h3-7,9-10,13-14H,2,8,11-12,15-20H2,1H3,(H2,23,24,25);1H. The molecule has 0 amide bonds. The van der Waals surface area contributed by atoms with Gasteiger partial charge in [-0.05, 0) is 37.6 Å². The number of nitrogens with zero attached hydrogens (tertiary/aromatic N) is 4. The molecule has 0 unspecified atom stereocenters. The van der Waals surface area contributed by atoms with E-state index in [9.17, 15) is 0 Å². The molecule has 160 valence electrons. The fourth-order valence-electron chi connectivity index (χ4n) is 3.52. The minimum Gasteiger partial charge on any atom is -0.369 e. The molecule has 6 nitrogen and oxygen atoms in total. The summed E-state index contributed by atoms with van der Waals surface area (Å²) in [5, 5.41) is 6.75. The number of hydrogen-bond donors (Lipinski definition) is 2. The monoisotopic (exact) mass is 510 g/mol. The van der Waals surface area contributed by atoms with Crippen molar-refractivity contribution in [1.82, 2.24) is 20.1 Å². The number of para-hydroxylation sites is 1. The van der Waals surface area contributed by atoms with E-state index in [1.54, 1.807) is 0 Å². The van der Waals surface area contributed by atoms with Crippen LogP contribution in [0.3, 0.4) is 0 Å². The highest BCUT2D eigenvalue weighted by atomic mass is 127. The number of hydrogen-bond acceptors (Lipinski definition) is 3. The van der Waals surface area contributed by atoms with Gasteiger partial charge < -0.3 is 20.1 Å². The van der Waals surface area contributed by atoms with Crippen LogP contribution in [0, 0.1) is 0 Å². The summed E-state index contributed by atoms with van der Waals surface area (Å²) in [5.74, 6) is 0.920. The Morgan fingerprint density at radius 1 is 0.931 bits per heavy atom. The molecule has 1 aromatic heterocycles. The Hall–Kier alpha value is -1.74. The van der Waals surface area contributed by atoms with Gasteiger partial charge >= 0.3 is 0 Å². The predicted molar refractivity (Wildman–Crippen MR) is 134 cm³/mol. The number of halogens is 1. The lowest BCUT2D eigenvalue weighted by molar-refractivity contribution is 0.256. The average molecular weight is 510 g/mol. The molecule has 1 aromatic carbocycles. The normalized spacial score (nSPS) is 15.1. The summed E-state index contributed by atoms with van der Waals surface area (Å²) in [7, 11) is 0. The molecule has 0 aliphatic carbocycles. The quantitative estimate of drug-likeness (QED) is 0.236. The molecule has 0 bridgehead atoms. The number of piperazine rings is 1. The van der Waals surface area contributed by atoms with E-state index in [2.05, 4.69) is 86.8 Å². The second kappa shape index (κ2) is 13.5. The fraction of sp³-hybridized carbons (Fsp3) is 0.500. The lowest BCUT2D eigenvalue weighted by atomic mass is 10.2. The molecule has 0 saturated carbocycles. The van der Waals surface area contributed by atoms with Gasteiger partial charge in [0.05, 0.1) is 0 Å². The minimum absolute atomic E-state index is 0. The van der Waals surface area contributed by atoms with Crippen molar-refractivity contribution in [2.45, 2.75) is 19.9 Å². The molecule has 2 N–H and O–H groups in total. The molecule has 2 aromatic rings. The van der Waals surface area contributed by atoms with E-state index >= 15 is 0 Å². The SMILES string of the molecule is CCNC(=NCCCN1CCN(c2ccccc2)CC1)NCCn1cccc1.I. The van der Waals surface area contributed by atoms with Crippen LogP contribution in [0.1, 0.15) is 13.3 Å². The number of aliphatic imine (C=N–C) groups is 1. The van der Waals surface area contributed by atoms with Crippen LogP contribution in [-0.4, -0.2) is 67.8 Å². The van der Waals surface area contributed by atoms with E-state index in [0.29, 0.717) is 0 Å². The number of nitrogens with one attached hydrogen (secondary N) is 2. The van der Waals surface area contributed by atoms with E-state index in [0.717, 1.165) is 71.3 Å². The number of guanidine groups is 1. The summed E-state index contributed by atoms with van der Waals surface area (Å²) in [5.41, 5.74) is 1.34. The van der Waals surface area contributed by atoms with Crippen molar-refractivity contribution in [3.05, 3.63) is 54.9 Å². The summed E-state index contributed by atoms with van der Waals surface area (Å²) in [6.45, 7) is 11.3. The Labute approximate surface area is 192 Å². The molecule has 1 saturated heterocycles. The molecule has 29 heavy (non-hydrogen) atoms. The Morgan fingerprint density at radius 3 is 2.34 bits per heavy atom. The topological polar surface area (TPSA) is 47.8 Å². The first-order chi connectivity index (χ1) is 13.8. The highest BCUT2D eigenvalue weighted by molar-refractivity contribution is 14.0. The second-order valence-corrected chi connectivity index (χ2v) is 7.13. The van der Waals surface area contributed by atoms with E-state index in [4.69, 9.17) is 4.99 Å². The molecular weight excluding hydrogens is 475 g/mol. The molecule has 0 spiro atoms. The largest absolute Gasteiger partial charge is 0.369 e. The Bertz CT molecular complexity index is 681. The smallest absolute Gasteiger partial charge is 0.191 e. The first-order valence-electron chi connectivity index (χ1n) is 10.5. The Morgan fingerprint density at radius 2 is 1.66 bits per heavy atom. The van der Waals surface area contributed by atoms with Crippen LogP contribution in [0.2, 0.25) is 0 Å². The van der Waals surface area contributed by atoms with Crippen LogP contribution in [0.4, 0.5) is 5.69 Å². The maximum absolute atomic E-state index is 4.73. The van der Waals surface area contributed by atoms with Crippen LogP contribution < -0.4 is 15.5 Å². The average Bonchev–Trinajstić information content (AvgIpc) is 3.26. The van der Waals surface area contributed by atoms with Gasteiger partial charge in [-0.3, -0.25) is 9.89 Å². The second-order valence-electron chi connectivity index (χ2n) is 7.13. The summed E-state index contributed by atoms with van der Waals surface area (Å²) >= 11 is 0. The molecule has 3 rings (SSSR count). The summed E-state index contributed by atoms with van der Waals surface area (Å²) in [6.07, 6.45) is 5.27. The van der Waals surface area contributed by atoms with Crippen LogP contribution in [0.25, 0.3) is 0 Å². The van der Waals surface area contributed by atoms with E-state index in [1.165, 1.54) is 5.69 Å². The molecule has 1 aliphatic rings. The maximum Gasteiger partial charge on any atom is 0.191 e. The zero-order chi connectivity index (χ0) is 19.4. The maximum atomic E-state index is 4.73. The van der Waals surface area contributed by atoms with Crippen molar-refractivity contribution in [3.8, 4) is 0 Å². The van der Waals surface area contributed by atoms with Crippen LogP contribution in [-0.2, 0) is 6.54 Å². The zero-order valence-electron chi connectivity index (χ0n) is 17.5. The van der Waals surface area contributed by atoms with Gasteiger partial charge in [-0.1, -0.05) is 18.2 Å². The molecule has 1 aliphatic heterocycles. The van der Waals surface area contributed by atoms with E-state index in [-0.39, 0.29) is 24.0 Å². The van der Waals surface area contributed by atoms with Crippen molar-refractivity contribution in [2.75, 3.05) is 57.3 Å². The highest BCUT2D eigenvalue weighted by Gasteiger charge is 2.16. The van der Waals surface area contributed by atoms with Crippen molar-refractivity contribution < 1.29 is 0 Å². The summed E-state index contributed by atoms with van der Waals surface area (Å²) in [6, 6.07) is 14.8. The number of rotatable bonds is 9. The molecule has 7 heteroatoms. The van der Waals surface area contributed by atoms with Crippen LogP contribution in [0.15, 0.2) is 59.9 Å². The third-order valence-corrected chi connectivity index (χ3v) is 5.07. The lowest BCUT2D eigenvalue weighted by Crippen LogP contribution is -2.46. The zero-order valence-corrected chi connectivity index (χ0v) is 19.8. The number of benzene rings is 1. The predicted octanol–water partition coefficient (Wildman–Crippen LogP) is 2.87. The summed E-state index contributed by atoms with van der Waals surface area (Å²) < 4.78 is 2.17. The van der Waals surface area contributed by atoms with Gasteiger partial charge in [0.1, 0.15) is 0 Å². The summed E-state index contributed by atoms with van der Waals surface area (Å²) in [4.78, 5) is 9.76. The van der Waals surface area contributed by atoms with Crippen LogP contribution >= 0.6 is 24.0 Å². The Balaban J connectivity index is 0.00000300. The van der Waals surface area contributed by atoms with Gasteiger partial charge in [0.15, 0.2) is 5.96 Å². The fourth-order valence-corrected chi connectivity index (χ4v) is 3.52. The number of aromatic nitrogens is 1. The third-order valence-electron chi connectivity index (χ3n) is 5.07. The van der Waals surface area contributed by atoms with Gasteiger partial charge in [-0.15, -0.1) is 24.0 Å². The highest BCUT2D eigenvalue weighted by Crippen LogP contribution is 2.15.